The van der Waals surface area contributed by atoms with Gasteiger partial charge in [0, 0.05) is 36.3 Å². The molecule has 2 aromatic carbocycles. The number of benzene rings is 2. The second-order valence-electron chi connectivity index (χ2n) is 6.59. The van der Waals surface area contributed by atoms with Crippen LogP contribution in [-0.4, -0.2) is 47.0 Å². The van der Waals surface area contributed by atoms with E-state index in [9.17, 15) is 4.79 Å². The molecule has 3 aromatic rings. The normalized spacial score (nSPS) is 16.5. The molecule has 0 saturated carbocycles. The third kappa shape index (κ3) is 3.48. The number of ether oxygens (including phenoxy) is 1. The standard InChI is InChI=1S/C20H21N5O2/c1-27-18-10-13(6-7-16(18)21)19(26)25-9-8-15(12-25)23-20-22-11-14-4-2-3-5-17(14)24-20/h2-7,10-11,15H,8-9,12,21H2,1H3,(H,22,23,24)/t15-/m0/s1. The lowest BCUT2D eigenvalue weighted by Gasteiger charge is -2.18. The van der Waals surface area contributed by atoms with Crippen LogP contribution in [0.15, 0.2) is 48.7 Å². The number of fused-ring (bicyclic) bond motifs is 1. The lowest BCUT2D eigenvalue weighted by Crippen LogP contribution is -2.31. The molecule has 7 heteroatoms. The minimum absolute atomic E-state index is 0.0305. The monoisotopic (exact) mass is 363 g/mol. The SMILES string of the molecule is COc1cc(C(=O)N2CC[C@H](Nc3ncc4ccccc4n3)C2)ccc1N. The quantitative estimate of drug-likeness (QED) is 0.692. The van der Waals surface area contributed by atoms with E-state index in [2.05, 4.69) is 15.3 Å². The molecule has 1 aliphatic rings. The molecule has 27 heavy (non-hydrogen) atoms. The maximum Gasteiger partial charge on any atom is 0.254 e. The van der Waals surface area contributed by atoms with Crippen molar-refractivity contribution in [1.29, 1.82) is 0 Å². The maximum absolute atomic E-state index is 12.8. The summed E-state index contributed by atoms with van der Waals surface area (Å²) in [5.41, 5.74) is 7.82. The van der Waals surface area contributed by atoms with Crippen molar-refractivity contribution in [3.63, 3.8) is 0 Å². The second-order valence-corrected chi connectivity index (χ2v) is 6.59. The Kier molecular flexibility index (Phi) is 4.50. The molecule has 3 N–H and O–H groups in total. The van der Waals surface area contributed by atoms with Crippen molar-refractivity contribution in [3.8, 4) is 5.75 Å². The summed E-state index contributed by atoms with van der Waals surface area (Å²) >= 11 is 0. The predicted octanol–water partition coefficient (Wildman–Crippen LogP) is 2.55. The molecule has 1 atom stereocenters. The number of hydrogen-bond acceptors (Lipinski definition) is 6. The molecule has 4 rings (SSSR count). The number of para-hydroxylation sites is 1. The molecular formula is C20H21N5O2. The zero-order valence-corrected chi connectivity index (χ0v) is 15.1. The molecule has 1 amide bonds. The number of carbonyl (C=O) groups is 1. The van der Waals surface area contributed by atoms with Crippen LogP contribution in [0.25, 0.3) is 10.9 Å². The highest BCUT2D eigenvalue weighted by Crippen LogP contribution is 2.24. The predicted molar refractivity (Wildman–Crippen MR) is 105 cm³/mol. The molecule has 1 fully saturated rings. The average molecular weight is 363 g/mol. The fourth-order valence-corrected chi connectivity index (χ4v) is 3.31. The number of rotatable bonds is 4. The number of nitrogens with two attached hydrogens (primary N) is 1. The van der Waals surface area contributed by atoms with Gasteiger partial charge in [-0.3, -0.25) is 4.79 Å². The van der Waals surface area contributed by atoms with Crippen molar-refractivity contribution in [3.05, 3.63) is 54.2 Å². The summed E-state index contributed by atoms with van der Waals surface area (Å²) in [6.07, 6.45) is 2.65. The van der Waals surface area contributed by atoms with Gasteiger partial charge in [0.15, 0.2) is 0 Å². The topological polar surface area (TPSA) is 93.4 Å². The Morgan fingerprint density at radius 3 is 3.00 bits per heavy atom. The Morgan fingerprint density at radius 2 is 2.15 bits per heavy atom. The van der Waals surface area contributed by atoms with Crippen LogP contribution in [0.3, 0.4) is 0 Å². The zero-order chi connectivity index (χ0) is 18.8. The molecule has 1 saturated heterocycles. The molecule has 7 nitrogen and oxygen atoms in total. The smallest absolute Gasteiger partial charge is 0.254 e. The first-order valence-electron chi connectivity index (χ1n) is 8.85. The van der Waals surface area contributed by atoms with E-state index in [4.69, 9.17) is 10.5 Å². The number of hydrogen-bond donors (Lipinski definition) is 2. The van der Waals surface area contributed by atoms with Crippen LogP contribution in [0.5, 0.6) is 5.75 Å². The van der Waals surface area contributed by atoms with Gasteiger partial charge in [0.1, 0.15) is 5.75 Å². The summed E-state index contributed by atoms with van der Waals surface area (Å²) in [4.78, 5) is 23.5. The van der Waals surface area contributed by atoms with E-state index < -0.39 is 0 Å². The van der Waals surface area contributed by atoms with E-state index >= 15 is 0 Å². The van der Waals surface area contributed by atoms with Gasteiger partial charge in [-0.1, -0.05) is 18.2 Å². The highest BCUT2D eigenvalue weighted by Gasteiger charge is 2.27. The molecule has 0 spiro atoms. The lowest BCUT2D eigenvalue weighted by molar-refractivity contribution is 0.0791. The Morgan fingerprint density at radius 1 is 1.30 bits per heavy atom. The average Bonchev–Trinajstić information content (AvgIpc) is 3.16. The number of likely N-dealkylation sites (tertiary alicyclic amines) is 1. The highest BCUT2D eigenvalue weighted by molar-refractivity contribution is 5.95. The summed E-state index contributed by atoms with van der Waals surface area (Å²) in [6, 6.07) is 13.1. The minimum Gasteiger partial charge on any atom is -0.495 e. The number of carbonyl (C=O) groups excluding carboxylic acids is 1. The van der Waals surface area contributed by atoms with Crippen molar-refractivity contribution < 1.29 is 9.53 Å². The Bertz CT molecular complexity index is 991. The third-order valence-corrected chi connectivity index (χ3v) is 4.78. The minimum atomic E-state index is -0.0305. The molecule has 1 aromatic heterocycles. The first-order valence-corrected chi connectivity index (χ1v) is 8.85. The van der Waals surface area contributed by atoms with Gasteiger partial charge in [0.25, 0.3) is 5.91 Å². The van der Waals surface area contributed by atoms with Crippen molar-refractivity contribution >= 4 is 28.4 Å². The summed E-state index contributed by atoms with van der Waals surface area (Å²) in [5, 5.41) is 4.34. The number of nitrogens with zero attached hydrogens (tertiary/aromatic N) is 3. The van der Waals surface area contributed by atoms with Crippen LogP contribution in [-0.2, 0) is 0 Å². The summed E-state index contributed by atoms with van der Waals surface area (Å²) < 4.78 is 5.21. The van der Waals surface area contributed by atoms with Gasteiger partial charge < -0.3 is 20.7 Å². The Balaban J connectivity index is 1.44. The van der Waals surface area contributed by atoms with Crippen LogP contribution in [0, 0.1) is 0 Å². The Labute approximate surface area is 157 Å². The van der Waals surface area contributed by atoms with Crippen molar-refractivity contribution in [1.82, 2.24) is 14.9 Å². The summed E-state index contributed by atoms with van der Waals surface area (Å²) in [7, 11) is 1.54. The molecule has 1 aliphatic heterocycles. The fraction of sp³-hybridized carbons (Fsp3) is 0.250. The van der Waals surface area contributed by atoms with Gasteiger partial charge in [-0.2, -0.15) is 0 Å². The summed E-state index contributed by atoms with van der Waals surface area (Å²) in [6.45, 7) is 1.28. The largest absolute Gasteiger partial charge is 0.495 e. The van der Waals surface area contributed by atoms with Crippen LogP contribution >= 0.6 is 0 Å². The molecule has 0 radical (unpaired) electrons. The maximum atomic E-state index is 12.8. The number of methoxy groups -OCH3 is 1. The van der Waals surface area contributed by atoms with Gasteiger partial charge in [0.2, 0.25) is 5.95 Å². The first-order chi connectivity index (χ1) is 13.1. The van der Waals surface area contributed by atoms with E-state index in [1.807, 2.05) is 35.4 Å². The molecule has 0 aliphatic carbocycles. The summed E-state index contributed by atoms with van der Waals surface area (Å²) in [5.74, 6) is 1.07. The number of aromatic nitrogens is 2. The van der Waals surface area contributed by atoms with E-state index in [-0.39, 0.29) is 11.9 Å². The van der Waals surface area contributed by atoms with Crippen molar-refractivity contribution in [2.45, 2.75) is 12.5 Å². The molecule has 138 valence electrons. The highest BCUT2D eigenvalue weighted by atomic mass is 16.5. The van der Waals surface area contributed by atoms with Gasteiger partial charge in [0.05, 0.1) is 18.3 Å². The fourth-order valence-electron chi connectivity index (χ4n) is 3.31. The van der Waals surface area contributed by atoms with Crippen LogP contribution in [0.2, 0.25) is 0 Å². The Hall–Kier alpha value is -3.35. The zero-order valence-electron chi connectivity index (χ0n) is 15.1. The number of anilines is 2. The first kappa shape index (κ1) is 17.1. The number of amides is 1. The van der Waals surface area contributed by atoms with Crippen LogP contribution < -0.4 is 15.8 Å². The molecular weight excluding hydrogens is 342 g/mol. The van der Waals surface area contributed by atoms with Crippen LogP contribution in [0.1, 0.15) is 16.8 Å². The van der Waals surface area contributed by atoms with E-state index in [0.717, 1.165) is 17.3 Å². The van der Waals surface area contributed by atoms with E-state index in [1.54, 1.807) is 25.3 Å². The van der Waals surface area contributed by atoms with Gasteiger partial charge >= 0.3 is 0 Å². The van der Waals surface area contributed by atoms with Gasteiger partial charge in [-0.25, -0.2) is 9.97 Å². The third-order valence-electron chi connectivity index (χ3n) is 4.78. The second kappa shape index (κ2) is 7.11. The van der Waals surface area contributed by atoms with Crippen LogP contribution in [0.4, 0.5) is 11.6 Å². The molecule has 2 heterocycles. The van der Waals surface area contributed by atoms with E-state index in [1.165, 1.54) is 0 Å². The van der Waals surface area contributed by atoms with Crippen molar-refractivity contribution in [2.24, 2.45) is 0 Å². The van der Waals surface area contributed by atoms with Gasteiger partial charge in [-0.05, 0) is 30.7 Å². The van der Waals surface area contributed by atoms with E-state index in [0.29, 0.717) is 36.0 Å². The number of nitrogens with one attached hydrogen (secondary N) is 1. The lowest BCUT2D eigenvalue weighted by atomic mass is 10.1. The number of nitrogen functional groups attached to an aromatic ring is 1. The molecule has 0 unspecified atom stereocenters. The molecule has 0 bridgehead atoms. The van der Waals surface area contributed by atoms with Crippen molar-refractivity contribution in [2.75, 3.05) is 31.2 Å². The van der Waals surface area contributed by atoms with Gasteiger partial charge in [-0.15, -0.1) is 0 Å².